The van der Waals surface area contributed by atoms with Gasteiger partial charge in [0.25, 0.3) is 5.91 Å². The summed E-state index contributed by atoms with van der Waals surface area (Å²) >= 11 is 5.93. The summed E-state index contributed by atoms with van der Waals surface area (Å²) in [5, 5.41) is 5.49. The Morgan fingerprint density at radius 2 is 1.81 bits per heavy atom. The Balaban J connectivity index is 1.86. The highest BCUT2D eigenvalue weighted by Gasteiger charge is 2.28. The Labute approximate surface area is 159 Å². The molecule has 0 saturated carbocycles. The van der Waals surface area contributed by atoms with E-state index in [0.717, 1.165) is 0 Å². The number of nitrogens with one attached hydrogen (secondary N) is 2. The van der Waals surface area contributed by atoms with Crippen LogP contribution in [0.1, 0.15) is 22.2 Å². The minimum Gasteiger partial charge on any atom is -0.449 e. The second kappa shape index (κ2) is 7.92. The fourth-order valence-corrected chi connectivity index (χ4v) is 2.60. The molecule has 8 heteroatoms. The fraction of sp³-hybridized carbons (Fsp3) is 0.105. The summed E-state index contributed by atoms with van der Waals surface area (Å²) in [7, 11) is 1.37. The maximum absolute atomic E-state index is 12.5. The van der Waals surface area contributed by atoms with E-state index in [0.29, 0.717) is 21.6 Å². The van der Waals surface area contributed by atoms with E-state index in [1.54, 1.807) is 48.5 Å². The predicted molar refractivity (Wildman–Crippen MR) is 98.4 cm³/mol. The van der Waals surface area contributed by atoms with Gasteiger partial charge in [-0.2, -0.15) is 0 Å². The molecule has 0 saturated heterocycles. The number of ether oxygens (including phenoxy) is 1. The number of benzene rings is 2. The Morgan fingerprint density at radius 1 is 1.07 bits per heavy atom. The number of rotatable bonds is 4. The zero-order chi connectivity index (χ0) is 19.4. The molecule has 0 aliphatic heterocycles. The molecule has 0 bridgehead atoms. The number of halogens is 1. The fourth-order valence-electron chi connectivity index (χ4n) is 2.42. The maximum atomic E-state index is 12.5. The Kier molecular flexibility index (Phi) is 5.42. The van der Waals surface area contributed by atoms with Crippen LogP contribution in [0.2, 0.25) is 5.02 Å². The van der Waals surface area contributed by atoms with Crippen molar-refractivity contribution in [3.05, 3.63) is 70.9 Å². The molecule has 0 unspecified atom stereocenters. The molecule has 0 fully saturated rings. The minimum absolute atomic E-state index is 0.0825. The number of urea groups is 1. The predicted octanol–water partition coefficient (Wildman–Crippen LogP) is 3.44. The van der Waals surface area contributed by atoms with Crippen LogP contribution in [0.4, 0.5) is 4.79 Å². The number of carbonyl (C=O) groups is 3. The van der Waals surface area contributed by atoms with Gasteiger partial charge in [0.15, 0.2) is 0 Å². The molecular weight excluding hydrogens is 372 g/mol. The van der Waals surface area contributed by atoms with Crippen LogP contribution in [-0.4, -0.2) is 25.0 Å². The average molecular weight is 387 g/mol. The molecule has 2 aromatic carbocycles. The van der Waals surface area contributed by atoms with Crippen molar-refractivity contribution in [1.29, 1.82) is 0 Å². The molecule has 27 heavy (non-hydrogen) atoms. The van der Waals surface area contributed by atoms with Crippen LogP contribution >= 0.6 is 11.6 Å². The molecule has 1 aromatic heterocycles. The van der Waals surface area contributed by atoms with E-state index in [2.05, 4.69) is 10.6 Å². The third kappa shape index (κ3) is 4.27. The number of imide groups is 1. The van der Waals surface area contributed by atoms with Gasteiger partial charge in [0.2, 0.25) is 11.9 Å². The summed E-state index contributed by atoms with van der Waals surface area (Å²) in [6, 6.07) is 14.0. The largest absolute Gasteiger partial charge is 0.449 e. The van der Waals surface area contributed by atoms with Gasteiger partial charge >= 0.3 is 12.0 Å². The van der Waals surface area contributed by atoms with E-state index in [9.17, 15) is 14.4 Å². The molecule has 3 amide bonds. The number of fused-ring (bicyclic) bond motifs is 1. The van der Waals surface area contributed by atoms with Crippen molar-refractivity contribution in [1.82, 2.24) is 10.6 Å². The van der Waals surface area contributed by atoms with E-state index in [1.165, 1.54) is 13.1 Å². The topological polar surface area (TPSA) is 97.6 Å². The van der Waals surface area contributed by atoms with Crippen LogP contribution in [0.3, 0.4) is 0 Å². The van der Waals surface area contributed by atoms with Crippen LogP contribution in [-0.2, 0) is 9.53 Å². The summed E-state index contributed by atoms with van der Waals surface area (Å²) < 4.78 is 10.8. The summed E-state index contributed by atoms with van der Waals surface area (Å²) in [5.41, 5.74) is 0.865. The first-order valence-corrected chi connectivity index (χ1v) is 8.33. The molecule has 2 N–H and O–H groups in total. The van der Waals surface area contributed by atoms with E-state index < -0.39 is 24.0 Å². The summed E-state index contributed by atoms with van der Waals surface area (Å²) in [4.78, 5) is 36.4. The van der Waals surface area contributed by atoms with Gasteiger partial charge in [-0.05, 0) is 24.3 Å². The normalized spacial score (nSPS) is 11.6. The third-order valence-electron chi connectivity index (χ3n) is 3.71. The monoisotopic (exact) mass is 386 g/mol. The van der Waals surface area contributed by atoms with E-state index in [4.69, 9.17) is 20.8 Å². The standard InChI is InChI=1S/C19H15ClN2O5/c1-21-19(25)22-17(23)16(11-5-3-2-4-6-11)27-18(24)15-10-12-9-13(20)7-8-14(12)26-15/h2-10,16H,1H3,(H2,21,22,23,25)/t16-/m1/s1. The smallest absolute Gasteiger partial charge is 0.375 e. The maximum Gasteiger partial charge on any atom is 0.375 e. The van der Waals surface area contributed by atoms with Crippen molar-refractivity contribution in [2.75, 3.05) is 7.05 Å². The molecule has 0 aliphatic carbocycles. The van der Waals surface area contributed by atoms with Gasteiger partial charge in [-0.25, -0.2) is 9.59 Å². The summed E-state index contributed by atoms with van der Waals surface area (Å²) in [6.07, 6.45) is -1.33. The molecule has 3 rings (SSSR count). The first-order chi connectivity index (χ1) is 13.0. The highest BCUT2D eigenvalue weighted by Crippen LogP contribution is 2.25. The molecular formula is C19H15ClN2O5. The van der Waals surface area contributed by atoms with E-state index in [-0.39, 0.29) is 5.76 Å². The number of amides is 3. The molecule has 138 valence electrons. The molecule has 7 nitrogen and oxygen atoms in total. The SMILES string of the molecule is CNC(=O)NC(=O)[C@H](OC(=O)c1cc2cc(Cl)ccc2o1)c1ccccc1. The number of hydrogen-bond donors (Lipinski definition) is 2. The average Bonchev–Trinajstić information content (AvgIpc) is 3.09. The van der Waals surface area contributed by atoms with Gasteiger partial charge in [-0.1, -0.05) is 41.9 Å². The van der Waals surface area contributed by atoms with Gasteiger partial charge < -0.3 is 14.5 Å². The van der Waals surface area contributed by atoms with Gasteiger partial charge in [-0.3, -0.25) is 10.1 Å². The Bertz CT molecular complexity index is 1000. The zero-order valence-electron chi connectivity index (χ0n) is 14.2. The lowest BCUT2D eigenvalue weighted by Crippen LogP contribution is -2.41. The Morgan fingerprint density at radius 3 is 2.52 bits per heavy atom. The van der Waals surface area contributed by atoms with Gasteiger partial charge in [0.1, 0.15) is 5.58 Å². The van der Waals surface area contributed by atoms with Crippen molar-refractivity contribution in [3.63, 3.8) is 0 Å². The highest BCUT2D eigenvalue weighted by molar-refractivity contribution is 6.31. The van der Waals surface area contributed by atoms with Crippen molar-refractivity contribution >= 4 is 40.5 Å². The summed E-state index contributed by atoms with van der Waals surface area (Å²) in [6.45, 7) is 0. The molecule has 1 heterocycles. The molecule has 0 radical (unpaired) electrons. The molecule has 3 aromatic rings. The van der Waals surface area contributed by atoms with Crippen LogP contribution in [0.25, 0.3) is 11.0 Å². The number of furan rings is 1. The quantitative estimate of drug-likeness (QED) is 0.669. The summed E-state index contributed by atoms with van der Waals surface area (Å²) in [5.74, 6) is -1.71. The van der Waals surface area contributed by atoms with Crippen LogP contribution in [0.5, 0.6) is 0 Å². The number of carbonyl (C=O) groups excluding carboxylic acids is 3. The van der Waals surface area contributed by atoms with Crippen molar-refractivity contribution < 1.29 is 23.5 Å². The first kappa shape index (κ1) is 18.5. The third-order valence-corrected chi connectivity index (χ3v) is 3.94. The number of esters is 1. The van der Waals surface area contributed by atoms with E-state index in [1.807, 2.05) is 0 Å². The van der Waals surface area contributed by atoms with Gasteiger partial charge in [-0.15, -0.1) is 0 Å². The number of hydrogen-bond acceptors (Lipinski definition) is 5. The lowest BCUT2D eigenvalue weighted by molar-refractivity contribution is -0.129. The molecule has 1 atom stereocenters. The molecule has 0 spiro atoms. The van der Waals surface area contributed by atoms with Gasteiger partial charge in [0.05, 0.1) is 0 Å². The second-order valence-electron chi connectivity index (χ2n) is 5.56. The van der Waals surface area contributed by atoms with Crippen molar-refractivity contribution in [2.24, 2.45) is 0 Å². The van der Waals surface area contributed by atoms with E-state index >= 15 is 0 Å². The Hall–Kier alpha value is -3.32. The van der Waals surface area contributed by atoms with Crippen LogP contribution in [0.15, 0.2) is 59.0 Å². The molecule has 0 aliphatic rings. The zero-order valence-corrected chi connectivity index (χ0v) is 14.9. The minimum atomic E-state index is -1.33. The lowest BCUT2D eigenvalue weighted by Gasteiger charge is -2.16. The van der Waals surface area contributed by atoms with Crippen molar-refractivity contribution in [2.45, 2.75) is 6.10 Å². The lowest BCUT2D eigenvalue weighted by atomic mass is 10.1. The first-order valence-electron chi connectivity index (χ1n) is 7.95. The van der Waals surface area contributed by atoms with Crippen LogP contribution in [0, 0.1) is 0 Å². The highest BCUT2D eigenvalue weighted by atomic mass is 35.5. The van der Waals surface area contributed by atoms with Crippen molar-refractivity contribution in [3.8, 4) is 0 Å². The second-order valence-corrected chi connectivity index (χ2v) is 5.99. The van der Waals surface area contributed by atoms with Gasteiger partial charge in [0, 0.05) is 23.0 Å². The van der Waals surface area contributed by atoms with Crippen LogP contribution < -0.4 is 10.6 Å².